The number of carbonyl (C=O) groups excluding carboxylic acids is 4. The van der Waals surface area contributed by atoms with Crippen LogP contribution in [0.3, 0.4) is 0 Å². The van der Waals surface area contributed by atoms with Crippen LogP contribution in [0.4, 0.5) is 10.1 Å². The standard InChI is InChI=1S/C33H27Cl2FN2O5/c1-2-15-37-28(40)23-12-11-22-24(26(23)29(37)41)16-32(34)30(42)38(18-9-7-17(36)8-10-18)31(43)33(32,35)27(22)21-13-14-25(39)20-6-4-3-5-19(20)21/h3-11,13-14,23-24,26-27,39H,2,12,15-16H2,1H3. The molecule has 3 aromatic rings. The van der Waals surface area contributed by atoms with Crippen LogP contribution >= 0.6 is 23.2 Å². The Labute approximate surface area is 256 Å². The Morgan fingerprint density at radius 1 is 0.907 bits per heavy atom. The van der Waals surface area contributed by atoms with Gasteiger partial charge in [0.05, 0.1) is 17.5 Å². The third kappa shape index (κ3) is 3.59. The van der Waals surface area contributed by atoms with Gasteiger partial charge in [0.1, 0.15) is 11.6 Å². The lowest BCUT2D eigenvalue weighted by molar-refractivity contribution is -0.140. The first-order valence-electron chi connectivity index (χ1n) is 14.3. The van der Waals surface area contributed by atoms with Crippen molar-refractivity contribution in [2.24, 2.45) is 17.8 Å². The molecule has 0 bridgehead atoms. The molecule has 43 heavy (non-hydrogen) atoms. The number of phenolic OH excluding ortho intramolecular Hbond substituents is 1. The van der Waals surface area contributed by atoms with Crippen LogP contribution in [0.15, 0.2) is 72.3 Å². The molecule has 6 atom stereocenters. The van der Waals surface area contributed by atoms with E-state index >= 15 is 0 Å². The molecular weight excluding hydrogens is 594 g/mol. The van der Waals surface area contributed by atoms with Crippen molar-refractivity contribution in [1.29, 1.82) is 0 Å². The maximum Gasteiger partial charge on any atom is 0.258 e. The molecule has 3 aromatic carbocycles. The molecule has 10 heteroatoms. The first-order valence-corrected chi connectivity index (χ1v) is 15.1. The highest BCUT2D eigenvalue weighted by atomic mass is 35.5. The lowest BCUT2D eigenvalue weighted by atomic mass is 9.56. The highest BCUT2D eigenvalue weighted by molar-refractivity contribution is 6.58. The fourth-order valence-electron chi connectivity index (χ4n) is 7.81. The van der Waals surface area contributed by atoms with E-state index in [4.69, 9.17) is 23.2 Å². The van der Waals surface area contributed by atoms with Gasteiger partial charge in [0.2, 0.25) is 11.8 Å². The van der Waals surface area contributed by atoms with Crippen LogP contribution in [0.1, 0.15) is 37.7 Å². The van der Waals surface area contributed by atoms with Gasteiger partial charge in [0, 0.05) is 17.8 Å². The quantitative estimate of drug-likeness (QED) is 0.231. The normalized spacial score (nSPS) is 31.8. The molecular formula is C33H27Cl2FN2O5. The molecule has 0 radical (unpaired) electrons. The lowest BCUT2D eigenvalue weighted by Crippen LogP contribution is -2.60. The van der Waals surface area contributed by atoms with E-state index in [1.54, 1.807) is 30.3 Å². The summed E-state index contributed by atoms with van der Waals surface area (Å²) in [5, 5.41) is 11.8. The number of allylic oxidation sites excluding steroid dienone is 2. The molecule has 6 unspecified atom stereocenters. The molecule has 0 aromatic heterocycles. The van der Waals surface area contributed by atoms with Gasteiger partial charge in [-0.15, -0.1) is 23.2 Å². The van der Waals surface area contributed by atoms with Crippen molar-refractivity contribution in [2.75, 3.05) is 11.4 Å². The predicted molar refractivity (Wildman–Crippen MR) is 159 cm³/mol. The van der Waals surface area contributed by atoms with E-state index in [0.717, 1.165) is 17.0 Å². The summed E-state index contributed by atoms with van der Waals surface area (Å²) in [7, 11) is 0. The molecule has 4 aliphatic rings. The van der Waals surface area contributed by atoms with Gasteiger partial charge in [0.15, 0.2) is 9.75 Å². The van der Waals surface area contributed by atoms with Crippen LogP contribution < -0.4 is 4.90 Å². The number of phenols is 1. The average molecular weight is 621 g/mol. The molecule has 220 valence electrons. The lowest BCUT2D eigenvalue weighted by Gasteiger charge is -2.51. The number of rotatable bonds is 4. The number of hydrogen-bond donors (Lipinski definition) is 1. The molecule has 2 aliphatic heterocycles. The van der Waals surface area contributed by atoms with E-state index in [1.807, 2.05) is 13.0 Å². The summed E-state index contributed by atoms with van der Waals surface area (Å²) in [4.78, 5) is 54.1. The number of aromatic hydroxyl groups is 1. The number of fused-ring (bicyclic) bond motifs is 5. The minimum Gasteiger partial charge on any atom is -0.507 e. The van der Waals surface area contributed by atoms with Gasteiger partial charge < -0.3 is 5.11 Å². The zero-order valence-corrected chi connectivity index (χ0v) is 24.6. The molecule has 4 amide bonds. The predicted octanol–water partition coefficient (Wildman–Crippen LogP) is 5.66. The molecule has 7 nitrogen and oxygen atoms in total. The van der Waals surface area contributed by atoms with Crippen LogP contribution in [0.2, 0.25) is 0 Å². The van der Waals surface area contributed by atoms with Crippen molar-refractivity contribution in [3.05, 3.63) is 83.7 Å². The van der Waals surface area contributed by atoms with Crippen molar-refractivity contribution >= 4 is 63.3 Å². The number of amides is 4. The minimum absolute atomic E-state index is 0.0266. The Hall–Kier alpha value is -3.75. The number of likely N-dealkylation sites (tertiary alicyclic amines) is 1. The number of hydrogen-bond acceptors (Lipinski definition) is 5. The Bertz CT molecular complexity index is 1780. The molecule has 1 N–H and O–H groups in total. The first kappa shape index (κ1) is 28.0. The average Bonchev–Trinajstić information content (AvgIpc) is 3.32. The second-order valence-electron chi connectivity index (χ2n) is 11.8. The number of anilines is 1. The van der Waals surface area contributed by atoms with E-state index < -0.39 is 51.1 Å². The van der Waals surface area contributed by atoms with Crippen LogP contribution in [0, 0.1) is 23.6 Å². The molecule has 1 saturated carbocycles. The van der Waals surface area contributed by atoms with Crippen molar-refractivity contribution in [1.82, 2.24) is 4.90 Å². The van der Waals surface area contributed by atoms with Crippen molar-refractivity contribution < 1.29 is 28.7 Å². The summed E-state index contributed by atoms with van der Waals surface area (Å²) in [6.07, 6.45) is 2.63. The van der Waals surface area contributed by atoms with Crippen LogP contribution in [-0.4, -0.2) is 49.9 Å². The van der Waals surface area contributed by atoms with Gasteiger partial charge >= 0.3 is 0 Å². The third-order valence-electron chi connectivity index (χ3n) is 9.68. The molecule has 3 fully saturated rings. The summed E-state index contributed by atoms with van der Waals surface area (Å²) < 4.78 is 13.8. The molecule has 2 saturated heterocycles. The maximum atomic E-state index is 14.5. The first-order chi connectivity index (χ1) is 20.5. The van der Waals surface area contributed by atoms with Crippen LogP contribution in [0.5, 0.6) is 5.75 Å². The Balaban J connectivity index is 1.47. The second kappa shape index (κ2) is 9.63. The summed E-state index contributed by atoms with van der Waals surface area (Å²) in [5.74, 6) is -5.59. The summed E-state index contributed by atoms with van der Waals surface area (Å²) in [6, 6.07) is 15.2. The fourth-order valence-corrected chi connectivity index (χ4v) is 8.74. The highest BCUT2D eigenvalue weighted by Gasteiger charge is 2.76. The van der Waals surface area contributed by atoms with Crippen molar-refractivity contribution in [3.8, 4) is 5.75 Å². The number of halogens is 3. The number of carbonyl (C=O) groups is 4. The van der Waals surface area contributed by atoms with E-state index in [9.17, 15) is 28.7 Å². The number of nitrogens with zero attached hydrogens (tertiary/aromatic N) is 2. The minimum atomic E-state index is -2.04. The summed E-state index contributed by atoms with van der Waals surface area (Å²) in [5.41, 5.74) is 1.35. The smallest absolute Gasteiger partial charge is 0.258 e. The Morgan fingerprint density at radius 2 is 1.60 bits per heavy atom. The third-order valence-corrected chi connectivity index (χ3v) is 11.1. The second-order valence-corrected chi connectivity index (χ2v) is 13.0. The largest absolute Gasteiger partial charge is 0.507 e. The monoisotopic (exact) mass is 620 g/mol. The summed E-state index contributed by atoms with van der Waals surface area (Å²) >= 11 is 14.8. The fraction of sp³-hybridized carbons (Fsp3) is 0.333. The van der Waals surface area contributed by atoms with Gasteiger partial charge in [-0.3, -0.25) is 24.1 Å². The Kier molecular flexibility index (Phi) is 6.28. The van der Waals surface area contributed by atoms with Gasteiger partial charge in [0.25, 0.3) is 11.8 Å². The zero-order chi connectivity index (χ0) is 30.4. The highest BCUT2D eigenvalue weighted by Crippen LogP contribution is 2.66. The number of imide groups is 2. The van der Waals surface area contributed by atoms with Crippen molar-refractivity contribution in [3.63, 3.8) is 0 Å². The van der Waals surface area contributed by atoms with E-state index in [0.29, 0.717) is 34.9 Å². The van der Waals surface area contributed by atoms with E-state index in [-0.39, 0.29) is 36.1 Å². The Morgan fingerprint density at radius 3 is 2.30 bits per heavy atom. The maximum absolute atomic E-state index is 14.5. The van der Waals surface area contributed by atoms with E-state index in [1.165, 1.54) is 23.1 Å². The topological polar surface area (TPSA) is 95.0 Å². The van der Waals surface area contributed by atoms with Crippen molar-refractivity contribution in [2.45, 2.75) is 41.9 Å². The molecule has 2 heterocycles. The van der Waals surface area contributed by atoms with Gasteiger partial charge in [-0.05, 0) is 66.5 Å². The van der Waals surface area contributed by atoms with E-state index in [2.05, 4.69) is 0 Å². The molecule has 7 rings (SSSR count). The SMILES string of the molecule is CCCN1C(=O)C2CC=C3C(CC4(Cl)C(=O)N(c5ccc(F)cc5)C(=O)C4(Cl)C3c3ccc(O)c4ccccc34)C2C1=O. The molecule has 0 spiro atoms. The zero-order valence-electron chi connectivity index (χ0n) is 23.1. The number of alkyl halides is 2. The van der Waals surface area contributed by atoms with Crippen LogP contribution in [-0.2, 0) is 19.2 Å². The van der Waals surface area contributed by atoms with Gasteiger partial charge in [-0.2, -0.15) is 0 Å². The molecule has 2 aliphatic carbocycles. The van der Waals surface area contributed by atoms with Gasteiger partial charge in [-0.25, -0.2) is 9.29 Å². The summed E-state index contributed by atoms with van der Waals surface area (Å²) in [6.45, 7) is 2.18. The van der Waals surface area contributed by atoms with Gasteiger partial charge in [-0.1, -0.05) is 48.9 Å². The number of benzene rings is 3. The van der Waals surface area contributed by atoms with Crippen LogP contribution in [0.25, 0.3) is 10.8 Å².